The highest BCUT2D eigenvalue weighted by Gasteiger charge is 2.24. The first kappa shape index (κ1) is 18.3. The Morgan fingerprint density at radius 1 is 1.14 bits per heavy atom. The van der Waals surface area contributed by atoms with Crippen LogP contribution >= 0.6 is 0 Å². The van der Waals surface area contributed by atoms with Gasteiger partial charge >= 0.3 is 0 Å². The Labute approximate surface area is 171 Å². The van der Waals surface area contributed by atoms with Gasteiger partial charge in [0, 0.05) is 12.7 Å². The van der Waals surface area contributed by atoms with Crippen molar-refractivity contribution in [3.63, 3.8) is 0 Å². The SMILES string of the molecule is CCN1CCC(C2=CN3CC=C(c4cc5c(C)nc(C)cn5n4)N=C3C=C2)CC1. The van der Waals surface area contributed by atoms with E-state index >= 15 is 0 Å². The quantitative estimate of drug-likeness (QED) is 0.806. The van der Waals surface area contributed by atoms with Crippen LogP contribution in [-0.2, 0) is 0 Å². The number of piperidine rings is 1. The van der Waals surface area contributed by atoms with Crippen LogP contribution < -0.4 is 0 Å². The largest absolute Gasteiger partial charge is 0.329 e. The Kier molecular flexibility index (Phi) is 4.59. The maximum Gasteiger partial charge on any atom is 0.133 e. The van der Waals surface area contributed by atoms with Crippen molar-refractivity contribution in [3.05, 3.63) is 59.3 Å². The van der Waals surface area contributed by atoms with E-state index in [1.54, 1.807) is 0 Å². The van der Waals surface area contributed by atoms with Crippen molar-refractivity contribution >= 4 is 17.0 Å². The second kappa shape index (κ2) is 7.26. The normalized spacial score (nSPS) is 20.5. The number of hydrogen-bond acceptors (Lipinski definition) is 5. The Bertz CT molecular complexity index is 1060. The van der Waals surface area contributed by atoms with E-state index in [9.17, 15) is 0 Å². The summed E-state index contributed by atoms with van der Waals surface area (Å²) >= 11 is 0. The number of hydrogen-bond donors (Lipinski definition) is 0. The molecule has 0 spiro atoms. The van der Waals surface area contributed by atoms with Crippen molar-refractivity contribution in [3.8, 4) is 0 Å². The maximum absolute atomic E-state index is 4.89. The molecule has 0 bridgehead atoms. The van der Waals surface area contributed by atoms with Crippen LogP contribution in [0.5, 0.6) is 0 Å². The Balaban J connectivity index is 1.35. The number of amidine groups is 1. The smallest absolute Gasteiger partial charge is 0.133 e. The van der Waals surface area contributed by atoms with Gasteiger partial charge in [-0.05, 0) is 76.0 Å². The van der Waals surface area contributed by atoms with Gasteiger partial charge in [0.15, 0.2) is 0 Å². The standard InChI is InChI=1S/C23H28N6/c1-4-27-10-7-18(8-11-27)19-5-6-23-25-20(9-12-28(23)15-19)21-13-22-17(3)24-16(2)14-29(22)26-21/h5-6,9,13-15,18H,4,7-8,10-12H2,1-3H3. The summed E-state index contributed by atoms with van der Waals surface area (Å²) in [6.07, 6.45) is 13.4. The molecule has 0 aromatic carbocycles. The van der Waals surface area contributed by atoms with Gasteiger partial charge in [-0.25, -0.2) is 9.51 Å². The lowest BCUT2D eigenvalue weighted by Crippen LogP contribution is -2.35. The predicted octanol–water partition coefficient (Wildman–Crippen LogP) is 3.59. The number of aromatic nitrogens is 3. The molecule has 6 nitrogen and oxygen atoms in total. The summed E-state index contributed by atoms with van der Waals surface area (Å²) in [6.45, 7) is 10.7. The van der Waals surface area contributed by atoms with E-state index in [0.29, 0.717) is 5.92 Å². The van der Waals surface area contributed by atoms with E-state index in [1.165, 1.54) is 31.5 Å². The summed E-state index contributed by atoms with van der Waals surface area (Å²) in [6, 6.07) is 2.09. The van der Waals surface area contributed by atoms with Crippen molar-refractivity contribution in [2.24, 2.45) is 10.9 Å². The highest BCUT2D eigenvalue weighted by Crippen LogP contribution is 2.30. The summed E-state index contributed by atoms with van der Waals surface area (Å²) in [5.74, 6) is 1.67. The first-order valence-corrected chi connectivity index (χ1v) is 10.6. The van der Waals surface area contributed by atoms with Gasteiger partial charge in [0.1, 0.15) is 11.5 Å². The Morgan fingerprint density at radius 3 is 2.76 bits per heavy atom. The van der Waals surface area contributed by atoms with Gasteiger partial charge in [-0.3, -0.25) is 4.98 Å². The highest BCUT2D eigenvalue weighted by atomic mass is 15.2. The van der Waals surface area contributed by atoms with Crippen LogP contribution in [0.1, 0.15) is 36.8 Å². The molecule has 0 N–H and O–H groups in total. The van der Waals surface area contributed by atoms with E-state index in [-0.39, 0.29) is 0 Å². The number of aliphatic imine (C=N–C) groups is 1. The highest BCUT2D eigenvalue weighted by molar-refractivity contribution is 6.00. The number of fused-ring (bicyclic) bond motifs is 2. The van der Waals surface area contributed by atoms with Crippen molar-refractivity contribution in [2.75, 3.05) is 26.2 Å². The van der Waals surface area contributed by atoms with E-state index in [0.717, 1.165) is 47.2 Å². The minimum Gasteiger partial charge on any atom is -0.329 e. The molecule has 0 saturated carbocycles. The summed E-state index contributed by atoms with van der Waals surface area (Å²) < 4.78 is 1.91. The van der Waals surface area contributed by atoms with Crippen LogP contribution in [0.15, 0.2) is 47.3 Å². The third-order valence-electron chi connectivity index (χ3n) is 6.27. The second-order valence-electron chi connectivity index (χ2n) is 8.21. The van der Waals surface area contributed by atoms with Gasteiger partial charge in [0.2, 0.25) is 0 Å². The summed E-state index contributed by atoms with van der Waals surface area (Å²) in [5.41, 5.74) is 6.29. The molecule has 0 unspecified atom stereocenters. The van der Waals surface area contributed by atoms with Crippen molar-refractivity contribution in [1.29, 1.82) is 0 Å². The average Bonchev–Trinajstić information content (AvgIpc) is 3.17. The van der Waals surface area contributed by atoms with Crippen LogP contribution in [-0.4, -0.2) is 56.4 Å². The molecule has 0 amide bonds. The van der Waals surface area contributed by atoms with Gasteiger partial charge in [0.05, 0.1) is 28.8 Å². The fourth-order valence-corrected chi connectivity index (χ4v) is 4.56. The Hall–Kier alpha value is -2.73. The summed E-state index contributed by atoms with van der Waals surface area (Å²) in [4.78, 5) is 14.2. The monoisotopic (exact) mass is 388 g/mol. The van der Waals surface area contributed by atoms with E-state index in [1.807, 2.05) is 24.6 Å². The minimum absolute atomic E-state index is 0.665. The fraction of sp³-hybridized carbons (Fsp3) is 0.435. The summed E-state index contributed by atoms with van der Waals surface area (Å²) in [7, 11) is 0. The van der Waals surface area contributed by atoms with Gasteiger partial charge in [-0.15, -0.1) is 0 Å². The molecule has 150 valence electrons. The second-order valence-corrected chi connectivity index (χ2v) is 8.21. The van der Waals surface area contributed by atoms with Crippen molar-refractivity contribution < 1.29 is 0 Å². The fourth-order valence-electron chi connectivity index (χ4n) is 4.56. The van der Waals surface area contributed by atoms with Crippen LogP contribution in [0.25, 0.3) is 11.2 Å². The van der Waals surface area contributed by atoms with Crippen LogP contribution in [0.4, 0.5) is 0 Å². The molecule has 29 heavy (non-hydrogen) atoms. The maximum atomic E-state index is 4.89. The van der Waals surface area contributed by atoms with Crippen LogP contribution in [0, 0.1) is 19.8 Å². The first-order chi connectivity index (χ1) is 14.1. The molecule has 3 aliphatic heterocycles. The van der Waals surface area contributed by atoms with Crippen LogP contribution in [0.2, 0.25) is 0 Å². The van der Waals surface area contributed by atoms with E-state index in [2.05, 4.69) is 52.2 Å². The zero-order valence-corrected chi connectivity index (χ0v) is 17.5. The minimum atomic E-state index is 0.665. The molecule has 0 aliphatic carbocycles. The molecular weight excluding hydrogens is 360 g/mol. The third-order valence-corrected chi connectivity index (χ3v) is 6.27. The lowest BCUT2D eigenvalue weighted by molar-refractivity contribution is 0.208. The van der Waals surface area contributed by atoms with E-state index in [4.69, 9.17) is 10.1 Å². The molecular formula is C23H28N6. The number of aryl methyl sites for hydroxylation is 2. The number of allylic oxidation sites excluding steroid dienone is 2. The van der Waals surface area contributed by atoms with Crippen molar-refractivity contribution in [1.82, 2.24) is 24.4 Å². The van der Waals surface area contributed by atoms with Gasteiger partial charge in [-0.1, -0.05) is 13.0 Å². The first-order valence-electron chi connectivity index (χ1n) is 10.6. The molecule has 1 fully saturated rings. The van der Waals surface area contributed by atoms with Gasteiger partial charge in [-0.2, -0.15) is 5.10 Å². The van der Waals surface area contributed by atoms with Crippen LogP contribution in [0.3, 0.4) is 0 Å². The zero-order valence-electron chi connectivity index (χ0n) is 17.5. The molecule has 0 atom stereocenters. The van der Waals surface area contributed by atoms with Gasteiger partial charge < -0.3 is 9.80 Å². The third kappa shape index (κ3) is 3.42. The molecule has 0 radical (unpaired) electrons. The number of nitrogens with zero attached hydrogens (tertiary/aromatic N) is 6. The zero-order chi connectivity index (χ0) is 20.0. The molecule has 1 saturated heterocycles. The number of likely N-dealkylation sites (tertiary alicyclic amines) is 1. The topological polar surface area (TPSA) is 49.0 Å². The molecule has 5 rings (SSSR count). The van der Waals surface area contributed by atoms with Gasteiger partial charge in [0.25, 0.3) is 0 Å². The molecule has 5 heterocycles. The Morgan fingerprint density at radius 2 is 1.97 bits per heavy atom. The molecule has 2 aromatic heterocycles. The molecule has 3 aliphatic rings. The predicted molar refractivity (Wildman–Crippen MR) is 117 cm³/mol. The van der Waals surface area contributed by atoms with Crippen molar-refractivity contribution in [2.45, 2.75) is 33.6 Å². The average molecular weight is 389 g/mol. The van der Waals surface area contributed by atoms with E-state index < -0.39 is 0 Å². The molecule has 2 aromatic rings. The lowest BCUT2D eigenvalue weighted by Gasteiger charge is -2.34. The number of rotatable bonds is 3. The lowest BCUT2D eigenvalue weighted by atomic mass is 9.88. The summed E-state index contributed by atoms with van der Waals surface area (Å²) in [5, 5.41) is 4.74. The molecule has 6 heteroatoms.